The second kappa shape index (κ2) is 4.78. The van der Waals surface area contributed by atoms with Crippen LogP contribution < -0.4 is 0 Å². The summed E-state index contributed by atoms with van der Waals surface area (Å²) in [6, 6.07) is 6.06. The van der Waals surface area contributed by atoms with Gasteiger partial charge in [0.2, 0.25) is 0 Å². The van der Waals surface area contributed by atoms with Gasteiger partial charge in [0.1, 0.15) is 5.65 Å². The van der Waals surface area contributed by atoms with Gasteiger partial charge in [-0.25, -0.2) is 4.98 Å². The normalized spacial score (nSPS) is 12.5. The van der Waals surface area contributed by atoms with Crippen molar-refractivity contribution < 1.29 is 0 Å². The molecule has 0 aliphatic carbocycles. The molecule has 0 aliphatic rings. The van der Waals surface area contributed by atoms with Gasteiger partial charge in [-0.3, -0.25) is 4.90 Å². The molecular formula is C13H18BrN3. The summed E-state index contributed by atoms with van der Waals surface area (Å²) in [5, 5.41) is 0.948. The van der Waals surface area contributed by atoms with Crippen molar-refractivity contribution >= 4 is 21.6 Å². The van der Waals surface area contributed by atoms with Crippen molar-refractivity contribution in [2.24, 2.45) is 0 Å². The molecule has 0 fully saturated rings. The van der Waals surface area contributed by atoms with E-state index in [1.165, 1.54) is 0 Å². The lowest BCUT2D eigenvalue weighted by Gasteiger charge is -2.33. The number of pyridine rings is 1. The van der Waals surface area contributed by atoms with Gasteiger partial charge in [0, 0.05) is 29.8 Å². The molecule has 2 aromatic rings. The summed E-state index contributed by atoms with van der Waals surface area (Å²) in [5.74, 6) is 0. The minimum atomic E-state index is 0.135. The lowest BCUT2D eigenvalue weighted by molar-refractivity contribution is 0.171. The molecule has 0 saturated heterocycles. The van der Waals surface area contributed by atoms with Crippen molar-refractivity contribution in [1.82, 2.24) is 14.3 Å². The molecule has 0 amide bonds. The van der Waals surface area contributed by atoms with E-state index in [1.54, 1.807) is 0 Å². The molecule has 0 bridgehead atoms. The maximum absolute atomic E-state index is 4.61. The van der Waals surface area contributed by atoms with Crippen LogP contribution in [0, 0.1) is 0 Å². The second-order valence-electron chi connectivity index (χ2n) is 5.00. The van der Waals surface area contributed by atoms with Crippen LogP contribution in [-0.4, -0.2) is 32.2 Å². The zero-order valence-corrected chi connectivity index (χ0v) is 12.1. The SMILES string of the molecule is CN(Cc1cn2ccccc2n1)C(C)(C)CBr. The first-order valence-corrected chi connectivity index (χ1v) is 6.85. The molecule has 4 heteroatoms. The topological polar surface area (TPSA) is 20.5 Å². The van der Waals surface area contributed by atoms with E-state index in [9.17, 15) is 0 Å². The molecule has 3 nitrogen and oxygen atoms in total. The zero-order chi connectivity index (χ0) is 12.5. The van der Waals surface area contributed by atoms with Crippen LogP contribution in [0.4, 0.5) is 0 Å². The molecule has 2 aromatic heterocycles. The van der Waals surface area contributed by atoms with E-state index in [2.05, 4.69) is 57.3 Å². The molecule has 0 saturated carbocycles. The maximum Gasteiger partial charge on any atom is 0.137 e. The minimum absolute atomic E-state index is 0.135. The van der Waals surface area contributed by atoms with Crippen LogP contribution in [-0.2, 0) is 6.54 Å². The van der Waals surface area contributed by atoms with Gasteiger partial charge < -0.3 is 4.40 Å². The number of nitrogens with zero attached hydrogens (tertiary/aromatic N) is 3. The summed E-state index contributed by atoms with van der Waals surface area (Å²) in [4.78, 5) is 6.92. The minimum Gasteiger partial charge on any atom is -0.307 e. The van der Waals surface area contributed by atoms with E-state index in [-0.39, 0.29) is 5.54 Å². The Morgan fingerprint density at radius 2 is 2.18 bits per heavy atom. The van der Waals surface area contributed by atoms with Gasteiger partial charge in [-0.1, -0.05) is 22.0 Å². The maximum atomic E-state index is 4.61. The number of alkyl halides is 1. The average Bonchev–Trinajstić information content (AvgIpc) is 2.70. The highest BCUT2D eigenvalue weighted by Crippen LogP contribution is 2.18. The van der Waals surface area contributed by atoms with Crippen LogP contribution in [0.1, 0.15) is 19.5 Å². The lowest BCUT2D eigenvalue weighted by Crippen LogP contribution is -2.42. The molecule has 17 heavy (non-hydrogen) atoms. The molecule has 0 radical (unpaired) electrons. The summed E-state index contributed by atoms with van der Waals surface area (Å²) >= 11 is 3.55. The molecule has 0 aromatic carbocycles. The highest BCUT2D eigenvalue weighted by atomic mass is 79.9. The first-order valence-electron chi connectivity index (χ1n) is 5.73. The van der Waals surface area contributed by atoms with Crippen molar-refractivity contribution in [2.45, 2.75) is 25.9 Å². The smallest absolute Gasteiger partial charge is 0.137 e. The quantitative estimate of drug-likeness (QED) is 0.809. The van der Waals surface area contributed by atoms with Crippen molar-refractivity contribution in [3.63, 3.8) is 0 Å². The van der Waals surface area contributed by atoms with Gasteiger partial charge in [0.25, 0.3) is 0 Å². The molecular weight excluding hydrogens is 278 g/mol. The Morgan fingerprint density at radius 1 is 1.41 bits per heavy atom. The van der Waals surface area contributed by atoms with E-state index in [1.807, 2.05) is 24.4 Å². The second-order valence-corrected chi connectivity index (χ2v) is 5.56. The molecule has 2 rings (SSSR count). The van der Waals surface area contributed by atoms with Gasteiger partial charge in [-0.2, -0.15) is 0 Å². The standard InChI is InChI=1S/C13H18BrN3/c1-13(2,10-14)16(3)8-11-9-17-7-5-4-6-12(17)15-11/h4-7,9H,8,10H2,1-3H3. The van der Waals surface area contributed by atoms with Gasteiger partial charge >= 0.3 is 0 Å². The first kappa shape index (κ1) is 12.6. The fraction of sp³-hybridized carbons (Fsp3) is 0.462. The average molecular weight is 296 g/mol. The third-order valence-corrected chi connectivity index (χ3v) is 4.55. The Morgan fingerprint density at radius 3 is 2.82 bits per heavy atom. The van der Waals surface area contributed by atoms with E-state index in [0.29, 0.717) is 0 Å². The van der Waals surface area contributed by atoms with Crippen LogP contribution in [0.3, 0.4) is 0 Å². The molecule has 0 N–H and O–H groups in total. The number of hydrogen-bond donors (Lipinski definition) is 0. The van der Waals surface area contributed by atoms with Crippen molar-refractivity contribution in [3.8, 4) is 0 Å². The van der Waals surface area contributed by atoms with Crippen LogP contribution in [0.2, 0.25) is 0 Å². The number of aromatic nitrogens is 2. The van der Waals surface area contributed by atoms with Gasteiger partial charge in [-0.15, -0.1) is 0 Å². The number of rotatable bonds is 4. The fourth-order valence-corrected chi connectivity index (χ4v) is 2.05. The van der Waals surface area contributed by atoms with Gasteiger partial charge in [-0.05, 0) is 33.0 Å². The molecule has 0 spiro atoms. The fourth-order valence-electron chi connectivity index (χ4n) is 1.62. The summed E-state index contributed by atoms with van der Waals surface area (Å²) in [7, 11) is 2.13. The highest BCUT2D eigenvalue weighted by molar-refractivity contribution is 9.09. The Balaban J connectivity index is 2.18. The van der Waals surface area contributed by atoms with Crippen molar-refractivity contribution in [2.75, 3.05) is 12.4 Å². The summed E-state index contributed by atoms with van der Waals surface area (Å²) in [6.45, 7) is 5.30. The van der Waals surface area contributed by atoms with Gasteiger partial charge in [0.15, 0.2) is 0 Å². The zero-order valence-electron chi connectivity index (χ0n) is 10.5. The van der Waals surface area contributed by atoms with Crippen LogP contribution >= 0.6 is 15.9 Å². The molecule has 2 heterocycles. The van der Waals surface area contributed by atoms with E-state index in [4.69, 9.17) is 0 Å². The highest BCUT2D eigenvalue weighted by Gasteiger charge is 2.22. The summed E-state index contributed by atoms with van der Waals surface area (Å²) < 4.78 is 2.06. The largest absolute Gasteiger partial charge is 0.307 e. The third kappa shape index (κ3) is 2.69. The van der Waals surface area contributed by atoms with E-state index >= 15 is 0 Å². The number of fused-ring (bicyclic) bond motifs is 1. The van der Waals surface area contributed by atoms with Crippen LogP contribution in [0.15, 0.2) is 30.6 Å². The summed E-state index contributed by atoms with van der Waals surface area (Å²) in [6.07, 6.45) is 4.12. The Hall–Kier alpha value is -0.870. The molecule has 0 aliphatic heterocycles. The number of halogens is 1. The van der Waals surface area contributed by atoms with E-state index < -0.39 is 0 Å². The number of imidazole rings is 1. The third-order valence-electron chi connectivity index (χ3n) is 3.17. The monoisotopic (exact) mass is 295 g/mol. The first-order chi connectivity index (χ1) is 8.03. The van der Waals surface area contributed by atoms with Crippen molar-refractivity contribution in [1.29, 1.82) is 0 Å². The van der Waals surface area contributed by atoms with E-state index in [0.717, 1.165) is 23.2 Å². The Kier molecular flexibility index (Phi) is 3.54. The molecule has 92 valence electrons. The summed E-state index contributed by atoms with van der Waals surface area (Å²) in [5.41, 5.74) is 2.25. The van der Waals surface area contributed by atoms with Crippen LogP contribution in [0.5, 0.6) is 0 Å². The Labute approximate surface area is 111 Å². The predicted molar refractivity (Wildman–Crippen MR) is 74.5 cm³/mol. The molecule has 0 unspecified atom stereocenters. The van der Waals surface area contributed by atoms with Gasteiger partial charge in [0.05, 0.1) is 5.69 Å². The predicted octanol–water partition coefficient (Wildman–Crippen LogP) is 2.94. The molecule has 0 atom stereocenters. The van der Waals surface area contributed by atoms with Crippen LogP contribution in [0.25, 0.3) is 5.65 Å². The Bertz CT molecular complexity index is 471. The number of hydrogen-bond acceptors (Lipinski definition) is 2. The van der Waals surface area contributed by atoms with Crippen molar-refractivity contribution in [3.05, 3.63) is 36.3 Å². The lowest BCUT2D eigenvalue weighted by atomic mass is 10.1.